The Morgan fingerprint density at radius 3 is 2.50 bits per heavy atom. The van der Waals surface area contributed by atoms with Crippen molar-refractivity contribution in [2.24, 2.45) is 5.92 Å². The standard InChI is InChI=1S/C21H32N2O3/c1-17-6-8-18(9-7-17)10-11-19-12-15-23(16-13-19)21(25)22-14-4-3-5-20(24)26-2/h6-9,19H,3-5,10-16H2,1-2H3,(H,22,25). The molecule has 0 radical (unpaired) electrons. The molecule has 2 amide bonds. The summed E-state index contributed by atoms with van der Waals surface area (Å²) in [6.07, 6.45) is 6.45. The Labute approximate surface area is 157 Å². The zero-order valence-corrected chi connectivity index (χ0v) is 16.1. The molecule has 26 heavy (non-hydrogen) atoms. The molecule has 5 heteroatoms. The molecule has 1 aromatic rings. The highest BCUT2D eigenvalue weighted by atomic mass is 16.5. The number of urea groups is 1. The van der Waals surface area contributed by atoms with E-state index >= 15 is 0 Å². The fourth-order valence-corrected chi connectivity index (χ4v) is 3.35. The second kappa shape index (κ2) is 10.8. The Hall–Kier alpha value is -2.04. The van der Waals surface area contributed by atoms with Crippen LogP contribution in [0.25, 0.3) is 0 Å². The molecule has 1 aromatic carbocycles. The van der Waals surface area contributed by atoms with Crippen LogP contribution < -0.4 is 5.32 Å². The van der Waals surface area contributed by atoms with E-state index in [1.807, 2.05) is 4.90 Å². The topological polar surface area (TPSA) is 58.6 Å². The fraction of sp³-hybridized carbons (Fsp3) is 0.619. The first-order valence-electron chi connectivity index (χ1n) is 9.73. The first-order chi connectivity index (χ1) is 12.6. The van der Waals surface area contributed by atoms with Crippen molar-refractivity contribution in [2.45, 2.75) is 51.9 Å². The van der Waals surface area contributed by atoms with Crippen molar-refractivity contribution < 1.29 is 14.3 Å². The molecule has 1 fully saturated rings. The first-order valence-corrected chi connectivity index (χ1v) is 9.73. The van der Waals surface area contributed by atoms with Crippen LogP contribution in [-0.2, 0) is 16.0 Å². The third kappa shape index (κ3) is 7.06. The van der Waals surface area contributed by atoms with E-state index < -0.39 is 0 Å². The molecular weight excluding hydrogens is 328 g/mol. The summed E-state index contributed by atoms with van der Waals surface area (Å²) in [7, 11) is 1.40. The highest BCUT2D eigenvalue weighted by molar-refractivity contribution is 5.74. The molecule has 0 aliphatic carbocycles. The maximum Gasteiger partial charge on any atom is 0.317 e. The quantitative estimate of drug-likeness (QED) is 0.568. The molecule has 1 N–H and O–H groups in total. The van der Waals surface area contributed by atoms with Gasteiger partial charge in [0.15, 0.2) is 0 Å². The van der Waals surface area contributed by atoms with Gasteiger partial charge in [-0.2, -0.15) is 0 Å². The number of carbonyl (C=O) groups excluding carboxylic acids is 2. The van der Waals surface area contributed by atoms with E-state index in [2.05, 4.69) is 41.2 Å². The number of benzene rings is 1. The Morgan fingerprint density at radius 1 is 1.15 bits per heavy atom. The van der Waals surface area contributed by atoms with Crippen LogP contribution in [0.4, 0.5) is 4.79 Å². The van der Waals surface area contributed by atoms with Crippen molar-refractivity contribution in [3.05, 3.63) is 35.4 Å². The van der Waals surface area contributed by atoms with Crippen molar-refractivity contribution in [1.82, 2.24) is 10.2 Å². The van der Waals surface area contributed by atoms with E-state index in [1.54, 1.807) is 0 Å². The van der Waals surface area contributed by atoms with Crippen molar-refractivity contribution in [3.63, 3.8) is 0 Å². The summed E-state index contributed by atoms with van der Waals surface area (Å²) in [6.45, 7) is 4.41. The lowest BCUT2D eigenvalue weighted by molar-refractivity contribution is -0.140. The molecule has 1 saturated heterocycles. The molecule has 0 unspecified atom stereocenters. The number of ether oxygens (including phenoxy) is 1. The smallest absolute Gasteiger partial charge is 0.317 e. The lowest BCUT2D eigenvalue weighted by Gasteiger charge is -2.32. The molecule has 0 bridgehead atoms. The minimum absolute atomic E-state index is 0.0278. The normalized spacial score (nSPS) is 14.9. The van der Waals surface area contributed by atoms with E-state index in [0.29, 0.717) is 18.9 Å². The van der Waals surface area contributed by atoms with Crippen molar-refractivity contribution in [1.29, 1.82) is 0 Å². The summed E-state index contributed by atoms with van der Waals surface area (Å²) in [5, 5.41) is 2.96. The minimum Gasteiger partial charge on any atom is -0.469 e. The van der Waals surface area contributed by atoms with Crippen LogP contribution in [0.2, 0.25) is 0 Å². The lowest BCUT2D eigenvalue weighted by Crippen LogP contribution is -2.44. The van der Waals surface area contributed by atoms with Gasteiger partial charge >= 0.3 is 12.0 Å². The number of methoxy groups -OCH3 is 1. The summed E-state index contributed by atoms with van der Waals surface area (Å²) in [5.41, 5.74) is 2.71. The van der Waals surface area contributed by atoms with Crippen LogP contribution in [-0.4, -0.2) is 43.6 Å². The van der Waals surface area contributed by atoms with E-state index in [1.165, 1.54) is 24.7 Å². The van der Waals surface area contributed by atoms with Gasteiger partial charge in [0, 0.05) is 26.1 Å². The zero-order valence-electron chi connectivity index (χ0n) is 16.1. The monoisotopic (exact) mass is 360 g/mol. The fourth-order valence-electron chi connectivity index (χ4n) is 3.35. The van der Waals surface area contributed by atoms with Gasteiger partial charge in [-0.05, 0) is 56.9 Å². The highest BCUT2D eigenvalue weighted by Gasteiger charge is 2.22. The van der Waals surface area contributed by atoms with Gasteiger partial charge in [-0.3, -0.25) is 4.79 Å². The summed E-state index contributed by atoms with van der Waals surface area (Å²) in [5.74, 6) is 0.518. The Morgan fingerprint density at radius 2 is 1.85 bits per heavy atom. The molecule has 1 aliphatic rings. The molecule has 0 aromatic heterocycles. The van der Waals surface area contributed by atoms with Gasteiger partial charge < -0.3 is 15.0 Å². The van der Waals surface area contributed by atoms with Crippen LogP contribution in [0.1, 0.15) is 49.7 Å². The number of unbranched alkanes of at least 4 members (excludes halogenated alkanes) is 1. The van der Waals surface area contributed by atoms with Crippen LogP contribution in [0.15, 0.2) is 24.3 Å². The molecule has 1 heterocycles. The first kappa shape index (κ1) is 20.3. The summed E-state index contributed by atoms with van der Waals surface area (Å²) < 4.78 is 4.60. The number of aryl methyl sites for hydroxylation is 2. The molecule has 1 aliphatic heterocycles. The number of esters is 1. The largest absolute Gasteiger partial charge is 0.469 e. The summed E-state index contributed by atoms with van der Waals surface area (Å²) in [6, 6.07) is 8.82. The Balaban J connectivity index is 1.57. The number of nitrogens with zero attached hydrogens (tertiary/aromatic N) is 1. The molecule has 0 spiro atoms. The Bertz CT molecular complexity index is 563. The van der Waals surface area contributed by atoms with Gasteiger partial charge in [-0.25, -0.2) is 4.79 Å². The zero-order chi connectivity index (χ0) is 18.8. The maximum atomic E-state index is 12.2. The molecule has 2 rings (SSSR count). The van der Waals surface area contributed by atoms with E-state index in [9.17, 15) is 9.59 Å². The summed E-state index contributed by atoms with van der Waals surface area (Å²) in [4.78, 5) is 25.1. The van der Waals surface area contributed by atoms with Crippen molar-refractivity contribution in [3.8, 4) is 0 Å². The third-order valence-electron chi connectivity index (χ3n) is 5.18. The minimum atomic E-state index is -0.191. The predicted octanol–water partition coefficient (Wildman–Crippen LogP) is 3.69. The average molecular weight is 360 g/mol. The SMILES string of the molecule is COC(=O)CCCCNC(=O)N1CCC(CCc2ccc(C)cc2)CC1. The Kier molecular flexibility index (Phi) is 8.45. The number of nitrogens with one attached hydrogen (secondary N) is 1. The molecule has 0 saturated carbocycles. The maximum absolute atomic E-state index is 12.2. The van der Waals surface area contributed by atoms with E-state index in [0.717, 1.165) is 45.2 Å². The second-order valence-electron chi connectivity index (χ2n) is 7.22. The number of piperidine rings is 1. The lowest BCUT2D eigenvalue weighted by atomic mass is 9.90. The molecule has 144 valence electrons. The second-order valence-corrected chi connectivity index (χ2v) is 7.22. The van der Waals surface area contributed by atoms with Crippen molar-refractivity contribution in [2.75, 3.05) is 26.7 Å². The third-order valence-corrected chi connectivity index (χ3v) is 5.18. The molecule has 5 nitrogen and oxygen atoms in total. The predicted molar refractivity (Wildman–Crippen MR) is 103 cm³/mol. The molecular formula is C21H32N2O3. The van der Waals surface area contributed by atoms with E-state index in [4.69, 9.17) is 0 Å². The van der Waals surface area contributed by atoms with Gasteiger partial charge in [-0.15, -0.1) is 0 Å². The number of amides is 2. The van der Waals surface area contributed by atoms with Gasteiger partial charge in [0.1, 0.15) is 0 Å². The summed E-state index contributed by atoms with van der Waals surface area (Å²) >= 11 is 0. The van der Waals surface area contributed by atoms with Crippen LogP contribution in [0.5, 0.6) is 0 Å². The van der Waals surface area contributed by atoms with E-state index in [-0.39, 0.29) is 12.0 Å². The van der Waals surface area contributed by atoms with Crippen LogP contribution in [0, 0.1) is 12.8 Å². The van der Waals surface area contributed by atoms with Gasteiger partial charge in [0.25, 0.3) is 0 Å². The van der Waals surface area contributed by atoms with Crippen LogP contribution in [0.3, 0.4) is 0 Å². The number of likely N-dealkylation sites (tertiary alicyclic amines) is 1. The number of rotatable bonds is 8. The average Bonchev–Trinajstić information content (AvgIpc) is 2.67. The number of hydrogen-bond donors (Lipinski definition) is 1. The van der Waals surface area contributed by atoms with Crippen molar-refractivity contribution >= 4 is 12.0 Å². The number of hydrogen-bond acceptors (Lipinski definition) is 3. The van der Waals surface area contributed by atoms with Crippen LogP contribution >= 0.6 is 0 Å². The van der Waals surface area contributed by atoms with Gasteiger partial charge in [0.2, 0.25) is 0 Å². The highest BCUT2D eigenvalue weighted by Crippen LogP contribution is 2.22. The molecule has 0 atom stereocenters. The van der Waals surface area contributed by atoms with Gasteiger partial charge in [0.05, 0.1) is 7.11 Å². The number of carbonyl (C=O) groups is 2. The van der Waals surface area contributed by atoms with Gasteiger partial charge in [-0.1, -0.05) is 29.8 Å².